The van der Waals surface area contributed by atoms with Crippen LogP contribution < -0.4 is 5.56 Å². The summed E-state index contributed by atoms with van der Waals surface area (Å²) >= 11 is 0. The van der Waals surface area contributed by atoms with Crippen LogP contribution in [0.4, 0.5) is 0 Å². The van der Waals surface area contributed by atoms with Gasteiger partial charge in [0.25, 0.3) is 5.56 Å². The minimum Gasteiger partial charge on any atom is -0.338 e. The molecule has 2 aliphatic carbocycles. The van der Waals surface area contributed by atoms with Crippen LogP contribution in [-0.2, 0) is 22.6 Å². The van der Waals surface area contributed by atoms with E-state index in [0.29, 0.717) is 43.2 Å². The molecule has 1 atom stereocenters. The van der Waals surface area contributed by atoms with Crippen LogP contribution in [0, 0.1) is 11.8 Å². The summed E-state index contributed by atoms with van der Waals surface area (Å²) < 4.78 is 0. The number of hydrogen-bond donors (Lipinski definition) is 1. The van der Waals surface area contributed by atoms with Gasteiger partial charge in [-0.2, -0.15) is 0 Å². The van der Waals surface area contributed by atoms with E-state index in [1.807, 2.05) is 9.80 Å². The van der Waals surface area contributed by atoms with E-state index in [2.05, 4.69) is 4.98 Å². The first-order valence-corrected chi connectivity index (χ1v) is 12.3. The molecule has 1 saturated heterocycles. The molecule has 2 aliphatic heterocycles. The Bertz CT molecular complexity index is 901. The fourth-order valence-electron chi connectivity index (χ4n) is 5.79. The molecular weight excluding hydrogens is 392 g/mol. The van der Waals surface area contributed by atoms with E-state index in [1.54, 1.807) is 0 Å². The first-order valence-electron chi connectivity index (χ1n) is 12.3. The number of carbonyl (C=O) groups is 2. The molecule has 7 nitrogen and oxygen atoms in total. The second-order valence-electron chi connectivity index (χ2n) is 9.97. The number of hydrogen-bond acceptors (Lipinski definition) is 4. The SMILES string of the molecule is O=C(CC1CCCCC1)N1CCc2nc(C3CCCN3C(=O)C3CCC3)[nH]c(=O)c2C1. The third-order valence-corrected chi connectivity index (χ3v) is 7.93. The molecule has 0 aromatic carbocycles. The maximum Gasteiger partial charge on any atom is 0.256 e. The van der Waals surface area contributed by atoms with Crippen molar-refractivity contribution in [3.05, 3.63) is 27.4 Å². The molecule has 168 valence electrons. The Balaban J connectivity index is 1.29. The van der Waals surface area contributed by atoms with Crippen LogP contribution in [0.15, 0.2) is 4.79 Å². The van der Waals surface area contributed by atoms with Gasteiger partial charge >= 0.3 is 0 Å². The minimum atomic E-state index is -0.141. The molecule has 1 N–H and O–H groups in total. The smallest absolute Gasteiger partial charge is 0.256 e. The summed E-state index contributed by atoms with van der Waals surface area (Å²) in [5.74, 6) is 1.70. The van der Waals surface area contributed by atoms with Crippen molar-refractivity contribution in [3.63, 3.8) is 0 Å². The fraction of sp³-hybridized carbons (Fsp3) is 0.750. The third kappa shape index (κ3) is 4.15. The number of aromatic nitrogens is 2. The van der Waals surface area contributed by atoms with Crippen molar-refractivity contribution in [1.82, 2.24) is 19.8 Å². The summed E-state index contributed by atoms with van der Waals surface area (Å²) in [4.78, 5) is 50.2. The third-order valence-electron chi connectivity index (χ3n) is 7.93. The van der Waals surface area contributed by atoms with E-state index in [-0.39, 0.29) is 29.3 Å². The molecule has 2 amide bonds. The zero-order valence-corrected chi connectivity index (χ0v) is 18.4. The molecule has 3 heterocycles. The summed E-state index contributed by atoms with van der Waals surface area (Å²) in [7, 11) is 0. The summed E-state index contributed by atoms with van der Waals surface area (Å²) in [6.45, 7) is 1.74. The lowest BCUT2D eigenvalue weighted by Gasteiger charge is -2.33. The molecule has 2 saturated carbocycles. The molecule has 0 spiro atoms. The van der Waals surface area contributed by atoms with Gasteiger partial charge < -0.3 is 14.8 Å². The highest BCUT2D eigenvalue weighted by Crippen LogP contribution is 2.36. The maximum atomic E-state index is 12.9. The van der Waals surface area contributed by atoms with Gasteiger partial charge in [0.2, 0.25) is 11.8 Å². The van der Waals surface area contributed by atoms with Crippen LogP contribution in [0.25, 0.3) is 0 Å². The van der Waals surface area contributed by atoms with Gasteiger partial charge in [-0.25, -0.2) is 4.98 Å². The van der Waals surface area contributed by atoms with E-state index < -0.39 is 0 Å². The van der Waals surface area contributed by atoms with E-state index in [9.17, 15) is 14.4 Å². The van der Waals surface area contributed by atoms with E-state index >= 15 is 0 Å². The van der Waals surface area contributed by atoms with Crippen LogP contribution >= 0.6 is 0 Å². The van der Waals surface area contributed by atoms with Crippen molar-refractivity contribution >= 4 is 11.8 Å². The Morgan fingerprint density at radius 1 is 0.968 bits per heavy atom. The van der Waals surface area contributed by atoms with Crippen LogP contribution in [0.5, 0.6) is 0 Å². The standard InChI is InChI=1S/C24H34N4O3/c29-21(14-16-6-2-1-3-7-16)27-13-11-19-18(15-27)23(30)26-22(25-19)20-10-5-12-28(20)24(31)17-8-4-9-17/h16-17,20H,1-15H2,(H,25,26,30). The monoisotopic (exact) mass is 426 g/mol. The molecule has 31 heavy (non-hydrogen) atoms. The number of nitrogens with zero attached hydrogens (tertiary/aromatic N) is 3. The molecule has 7 heteroatoms. The van der Waals surface area contributed by atoms with Gasteiger partial charge in [-0.1, -0.05) is 25.7 Å². The lowest BCUT2D eigenvalue weighted by molar-refractivity contribution is -0.139. The Labute approximate surface area is 183 Å². The van der Waals surface area contributed by atoms with Gasteiger partial charge in [0, 0.05) is 31.8 Å². The first-order chi connectivity index (χ1) is 15.1. The lowest BCUT2D eigenvalue weighted by Crippen LogP contribution is -2.42. The highest BCUT2D eigenvalue weighted by atomic mass is 16.2. The van der Waals surface area contributed by atoms with Gasteiger partial charge in [-0.3, -0.25) is 14.4 Å². The normalized spacial score (nSPS) is 24.7. The molecule has 0 bridgehead atoms. The molecule has 0 radical (unpaired) electrons. The van der Waals surface area contributed by atoms with Gasteiger partial charge in [-0.15, -0.1) is 0 Å². The van der Waals surface area contributed by atoms with Crippen molar-refractivity contribution in [3.8, 4) is 0 Å². The predicted octanol–water partition coefficient (Wildman–Crippen LogP) is 3.09. The predicted molar refractivity (Wildman–Crippen MR) is 116 cm³/mol. The second kappa shape index (κ2) is 8.75. The number of aromatic amines is 1. The number of carbonyl (C=O) groups excluding carboxylic acids is 2. The molecule has 4 aliphatic rings. The highest BCUT2D eigenvalue weighted by Gasteiger charge is 2.38. The Morgan fingerprint density at radius 2 is 1.77 bits per heavy atom. The number of rotatable bonds is 4. The average molecular weight is 427 g/mol. The van der Waals surface area contributed by atoms with Crippen molar-refractivity contribution in [2.24, 2.45) is 11.8 Å². The van der Waals surface area contributed by atoms with E-state index in [0.717, 1.165) is 57.2 Å². The van der Waals surface area contributed by atoms with Gasteiger partial charge in [0.15, 0.2) is 0 Å². The fourth-order valence-corrected chi connectivity index (χ4v) is 5.79. The molecule has 1 aromatic heterocycles. The van der Waals surface area contributed by atoms with E-state index in [1.165, 1.54) is 19.3 Å². The summed E-state index contributed by atoms with van der Waals surface area (Å²) in [5.41, 5.74) is 1.29. The number of likely N-dealkylation sites (tertiary alicyclic amines) is 1. The topological polar surface area (TPSA) is 86.4 Å². The maximum absolute atomic E-state index is 12.9. The van der Waals surface area contributed by atoms with Gasteiger partial charge in [-0.05, 0) is 44.4 Å². The zero-order chi connectivity index (χ0) is 21.4. The summed E-state index contributed by atoms with van der Waals surface area (Å²) in [5, 5.41) is 0. The van der Waals surface area contributed by atoms with Crippen LogP contribution in [0.2, 0.25) is 0 Å². The lowest BCUT2D eigenvalue weighted by atomic mass is 9.84. The summed E-state index contributed by atoms with van der Waals surface area (Å²) in [6, 6.07) is -0.114. The van der Waals surface area contributed by atoms with Gasteiger partial charge in [0.1, 0.15) is 5.82 Å². The van der Waals surface area contributed by atoms with Crippen molar-refractivity contribution in [1.29, 1.82) is 0 Å². The largest absolute Gasteiger partial charge is 0.338 e. The number of nitrogens with one attached hydrogen (secondary N) is 1. The summed E-state index contributed by atoms with van der Waals surface area (Å²) in [6.07, 6.45) is 12.2. The Hall–Kier alpha value is -2.18. The second-order valence-corrected chi connectivity index (χ2v) is 9.97. The van der Waals surface area contributed by atoms with Crippen LogP contribution in [0.3, 0.4) is 0 Å². The highest BCUT2D eigenvalue weighted by molar-refractivity contribution is 5.80. The van der Waals surface area contributed by atoms with Crippen molar-refractivity contribution in [2.75, 3.05) is 13.1 Å². The molecule has 1 unspecified atom stereocenters. The molecule has 3 fully saturated rings. The number of fused-ring (bicyclic) bond motifs is 1. The Kier molecular flexibility index (Phi) is 5.85. The molecule has 5 rings (SSSR count). The average Bonchev–Trinajstić information content (AvgIpc) is 3.23. The first kappa shape index (κ1) is 20.7. The number of H-pyrrole nitrogens is 1. The van der Waals surface area contributed by atoms with Crippen molar-refractivity contribution in [2.45, 2.75) is 89.6 Å². The molecule has 1 aromatic rings. The zero-order valence-electron chi connectivity index (χ0n) is 18.4. The quantitative estimate of drug-likeness (QED) is 0.802. The van der Waals surface area contributed by atoms with Gasteiger partial charge in [0.05, 0.1) is 23.8 Å². The van der Waals surface area contributed by atoms with E-state index in [4.69, 9.17) is 4.98 Å². The Morgan fingerprint density at radius 3 is 2.52 bits per heavy atom. The van der Waals surface area contributed by atoms with Crippen molar-refractivity contribution < 1.29 is 9.59 Å². The minimum absolute atomic E-state index is 0.114. The van der Waals surface area contributed by atoms with Crippen LogP contribution in [-0.4, -0.2) is 44.7 Å². The van der Waals surface area contributed by atoms with Crippen LogP contribution in [0.1, 0.15) is 93.8 Å². The molecular formula is C24H34N4O3. The number of amides is 2.